The van der Waals surface area contributed by atoms with E-state index in [9.17, 15) is 0 Å². The van der Waals surface area contributed by atoms with Crippen LogP contribution in [-0.2, 0) is 6.42 Å². The van der Waals surface area contributed by atoms with E-state index in [2.05, 4.69) is 73.0 Å². The summed E-state index contributed by atoms with van der Waals surface area (Å²) in [4.78, 5) is 0. The third kappa shape index (κ3) is 2.57. The van der Waals surface area contributed by atoms with E-state index in [4.69, 9.17) is 0 Å². The molecule has 2 aromatic carbocycles. The molecule has 98 valence electrons. The van der Waals surface area contributed by atoms with Gasteiger partial charge in [-0.05, 0) is 42.9 Å². The van der Waals surface area contributed by atoms with E-state index < -0.39 is 0 Å². The maximum absolute atomic E-state index is 3.47. The van der Waals surface area contributed by atoms with Gasteiger partial charge in [0.2, 0.25) is 0 Å². The van der Waals surface area contributed by atoms with Gasteiger partial charge in [0.25, 0.3) is 0 Å². The number of nitrogens with one attached hydrogen (secondary N) is 1. The van der Waals surface area contributed by atoms with Crippen LogP contribution in [0.25, 0.3) is 0 Å². The van der Waals surface area contributed by atoms with E-state index in [1.165, 1.54) is 24.0 Å². The fourth-order valence-electron chi connectivity index (χ4n) is 3.29. The van der Waals surface area contributed by atoms with Gasteiger partial charge in [0.1, 0.15) is 0 Å². The van der Waals surface area contributed by atoms with Crippen LogP contribution in [0.3, 0.4) is 0 Å². The van der Waals surface area contributed by atoms with Gasteiger partial charge in [-0.15, -0.1) is 0 Å². The molecule has 1 aliphatic rings. The van der Waals surface area contributed by atoms with Gasteiger partial charge in [0, 0.05) is 6.04 Å². The minimum absolute atomic E-state index is 0.658. The Labute approximate surface area is 115 Å². The summed E-state index contributed by atoms with van der Waals surface area (Å²) in [5, 5.41) is 3.47. The normalized spacial score (nSPS) is 25.8. The number of rotatable bonds is 4. The molecule has 1 aliphatic carbocycles. The second-order valence-corrected chi connectivity index (χ2v) is 5.50. The molecule has 3 atom stereocenters. The lowest BCUT2D eigenvalue weighted by Crippen LogP contribution is -2.48. The van der Waals surface area contributed by atoms with Crippen LogP contribution in [0.5, 0.6) is 0 Å². The highest BCUT2D eigenvalue weighted by Crippen LogP contribution is 2.44. The fourth-order valence-corrected chi connectivity index (χ4v) is 3.29. The molecule has 0 amide bonds. The second-order valence-electron chi connectivity index (χ2n) is 5.50. The first-order valence-corrected chi connectivity index (χ1v) is 7.14. The van der Waals surface area contributed by atoms with Crippen molar-refractivity contribution in [2.75, 3.05) is 7.05 Å². The van der Waals surface area contributed by atoms with Crippen molar-refractivity contribution in [1.82, 2.24) is 5.32 Å². The van der Waals surface area contributed by atoms with Crippen molar-refractivity contribution in [3.05, 3.63) is 71.8 Å². The lowest BCUT2D eigenvalue weighted by atomic mass is 9.64. The van der Waals surface area contributed by atoms with Gasteiger partial charge in [-0.1, -0.05) is 60.7 Å². The van der Waals surface area contributed by atoms with Crippen molar-refractivity contribution in [1.29, 1.82) is 0 Å². The van der Waals surface area contributed by atoms with E-state index in [0.717, 1.165) is 5.92 Å². The van der Waals surface area contributed by atoms with Crippen LogP contribution in [0, 0.1) is 5.92 Å². The van der Waals surface area contributed by atoms with Crippen molar-refractivity contribution >= 4 is 0 Å². The Hall–Kier alpha value is -1.60. The van der Waals surface area contributed by atoms with Gasteiger partial charge in [-0.25, -0.2) is 0 Å². The van der Waals surface area contributed by atoms with Crippen LogP contribution in [0.4, 0.5) is 0 Å². The van der Waals surface area contributed by atoms with E-state index in [1.54, 1.807) is 0 Å². The predicted molar refractivity (Wildman–Crippen MR) is 80.3 cm³/mol. The maximum Gasteiger partial charge on any atom is 0.0107 e. The molecule has 0 bridgehead atoms. The molecule has 0 spiro atoms. The minimum Gasteiger partial charge on any atom is -0.317 e. The molecule has 0 saturated heterocycles. The zero-order chi connectivity index (χ0) is 13.1. The van der Waals surface area contributed by atoms with Gasteiger partial charge in [-0.3, -0.25) is 0 Å². The average Bonchev–Trinajstić information content (AvgIpc) is 2.46. The second kappa shape index (κ2) is 5.58. The third-order valence-electron chi connectivity index (χ3n) is 4.45. The van der Waals surface area contributed by atoms with Crippen LogP contribution < -0.4 is 5.32 Å². The maximum atomic E-state index is 3.47. The molecule has 1 saturated carbocycles. The molecule has 1 nitrogen and oxygen atoms in total. The third-order valence-corrected chi connectivity index (χ3v) is 4.45. The van der Waals surface area contributed by atoms with Gasteiger partial charge < -0.3 is 5.32 Å². The first kappa shape index (κ1) is 12.4. The summed E-state index contributed by atoms with van der Waals surface area (Å²) in [6, 6.07) is 22.5. The topological polar surface area (TPSA) is 12.0 Å². The Morgan fingerprint density at radius 2 is 1.58 bits per heavy atom. The minimum atomic E-state index is 0.658. The molecule has 0 aromatic heterocycles. The largest absolute Gasteiger partial charge is 0.317 e. The van der Waals surface area contributed by atoms with Crippen LogP contribution in [0.1, 0.15) is 23.5 Å². The Balaban J connectivity index is 1.76. The summed E-state index contributed by atoms with van der Waals surface area (Å²) in [5.74, 6) is 1.42. The monoisotopic (exact) mass is 251 g/mol. The highest BCUT2D eigenvalue weighted by Gasteiger charge is 2.40. The van der Waals surface area contributed by atoms with Crippen molar-refractivity contribution in [2.45, 2.75) is 24.8 Å². The lowest BCUT2D eigenvalue weighted by Gasteiger charge is -2.45. The molecular formula is C18H21N. The zero-order valence-corrected chi connectivity index (χ0v) is 11.4. The molecule has 1 N–H and O–H groups in total. The Kier molecular flexibility index (Phi) is 3.65. The number of benzene rings is 2. The highest BCUT2D eigenvalue weighted by atomic mass is 14.9. The first-order chi connectivity index (χ1) is 9.38. The summed E-state index contributed by atoms with van der Waals surface area (Å²) in [6.07, 6.45) is 2.43. The Bertz CT molecular complexity index is 506. The molecule has 0 heterocycles. The van der Waals surface area contributed by atoms with Gasteiger partial charge >= 0.3 is 0 Å². The predicted octanol–water partition coefficient (Wildman–Crippen LogP) is 3.62. The van der Waals surface area contributed by atoms with Gasteiger partial charge in [-0.2, -0.15) is 0 Å². The smallest absolute Gasteiger partial charge is 0.0107 e. The van der Waals surface area contributed by atoms with Crippen LogP contribution in [-0.4, -0.2) is 13.1 Å². The number of hydrogen-bond acceptors (Lipinski definition) is 1. The highest BCUT2D eigenvalue weighted by molar-refractivity contribution is 5.27. The van der Waals surface area contributed by atoms with Gasteiger partial charge in [0.05, 0.1) is 0 Å². The summed E-state index contributed by atoms with van der Waals surface area (Å²) in [5.41, 5.74) is 2.95. The molecule has 0 aliphatic heterocycles. The number of hydrogen-bond donors (Lipinski definition) is 1. The first-order valence-electron chi connectivity index (χ1n) is 7.14. The van der Waals surface area contributed by atoms with Crippen LogP contribution in [0.2, 0.25) is 0 Å². The lowest BCUT2D eigenvalue weighted by molar-refractivity contribution is 0.174. The van der Waals surface area contributed by atoms with Crippen molar-refractivity contribution in [3.8, 4) is 0 Å². The Morgan fingerprint density at radius 3 is 2.21 bits per heavy atom. The fraction of sp³-hybridized carbons (Fsp3) is 0.333. The van der Waals surface area contributed by atoms with E-state index in [-0.39, 0.29) is 0 Å². The van der Waals surface area contributed by atoms with Crippen LogP contribution in [0.15, 0.2) is 60.7 Å². The van der Waals surface area contributed by atoms with E-state index in [0.29, 0.717) is 12.0 Å². The summed E-state index contributed by atoms with van der Waals surface area (Å²) in [6.45, 7) is 0. The molecule has 2 aromatic rings. The zero-order valence-electron chi connectivity index (χ0n) is 11.4. The molecule has 3 unspecified atom stereocenters. The SMILES string of the molecule is CNC1CC(c2ccccc2)C1Cc1ccccc1. The molecule has 3 rings (SSSR count). The van der Waals surface area contributed by atoms with Gasteiger partial charge in [0.15, 0.2) is 0 Å². The summed E-state index contributed by atoms with van der Waals surface area (Å²) >= 11 is 0. The van der Waals surface area contributed by atoms with E-state index in [1.807, 2.05) is 0 Å². The molecular weight excluding hydrogens is 230 g/mol. The molecule has 1 fully saturated rings. The quantitative estimate of drug-likeness (QED) is 0.875. The summed E-state index contributed by atoms with van der Waals surface area (Å²) < 4.78 is 0. The standard InChI is InChI=1S/C18H21N/c1-19-18-13-16(15-10-6-3-7-11-15)17(18)12-14-8-4-2-5-9-14/h2-11,16-19H,12-13H2,1H3. The Morgan fingerprint density at radius 1 is 0.947 bits per heavy atom. The molecule has 19 heavy (non-hydrogen) atoms. The molecule has 1 heteroatoms. The summed E-state index contributed by atoms with van der Waals surface area (Å²) in [7, 11) is 2.09. The van der Waals surface area contributed by atoms with Crippen LogP contribution >= 0.6 is 0 Å². The van der Waals surface area contributed by atoms with Crippen molar-refractivity contribution in [3.63, 3.8) is 0 Å². The van der Waals surface area contributed by atoms with Crippen molar-refractivity contribution in [2.24, 2.45) is 5.92 Å². The van der Waals surface area contributed by atoms with Crippen molar-refractivity contribution < 1.29 is 0 Å². The van der Waals surface area contributed by atoms with E-state index >= 15 is 0 Å². The average molecular weight is 251 g/mol. The molecule has 0 radical (unpaired) electrons.